The largest absolute Gasteiger partial charge is 0.457 e. The number of nitrogens with one attached hydrogen (secondary N) is 1. The summed E-state index contributed by atoms with van der Waals surface area (Å²) < 4.78 is 5.71. The highest BCUT2D eigenvalue weighted by molar-refractivity contribution is 5.73. The van der Waals surface area contributed by atoms with E-state index in [2.05, 4.69) is 5.32 Å². The molecule has 0 radical (unpaired) electrons. The summed E-state index contributed by atoms with van der Waals surface area (Å²) in [6.07, 6.45) is 0.459. The molecule has 0 atom stereocenters. The Kier molecular flexibility index (Phi) is 4.18. The third kappa shape index (κ3) is 3.56. The molecule has 6 heteroatoms. The van der Waals surface area contributed by atoms with Gasteiger partial charge < -0.3 is 10.1 Å². The first-order valence-corrected chi connectivity index (χ1v) is 6.24. The van der Waals surface area contributed by atoms with Crippen molar-refractivity contribution in [2.24, 2.45) is 0 Å². The fraction of sp³-hybridized carbons (Fsp3) is 0.133. The summed E-state index contributed by atoms with van der Waals surface area (Å²) in [5, 5.41) is 13.3. The Balaban J connectivity index is 2.40. The minimum atomic E-state index is -0.536. The van der Waals surface area contributed by atoms with Crippen molar-refractivity contribution in [3.8, 4) is 11.5 Å². The zero-order valence-corrected chi connectivity index (χ0v) is 11.6. The van der Waals surface area contributed by atoms with E-state index < -0.39 is 4.92 Å². The summed E-state index contributed by atoms with van der Waals surface area (Å²) in [6, 6.07) is 9.83. The van der Waals surface area contributed by atoms with Crippen molar-refractivity contribution < 1.29 is 14.5 Å². The lowest BCUT2D eigenvalue weighted by atomic mass is 10.1. The predicted octanol–water partition coefficient (Wildman–Crippen LogP) is 3.57. The average Bonchev–Trinajstić information content (AvgIpc) is 2.43. The number of carbonyl (C=O) groups is 1. The van der Waals surface area contributed by atoms with E-state index in [1.54, 1.807) is 0 Å². The lowest BCUT2D eigenvalue weighted by Crippen LogP contribution is -1.97. The lowest BCUT2D eigenvalue weighted by molar-refractivity contribution is -0.384. The van der Waals surface area contributed by atoms with Crippen molar-refractivity contribution in [2.45, 2.75) is 13.8 Å². The van der Waals surface area contributed by atoms with E-state index >= 15 is 0 Å². The van der Waals surface area contributed by atoms with Crippen LogP contribution in [0.25, 0.3) is 0 Å². The van der Waals surface area contributed by atoms with Crippen molar-refractivity contribution in [1.82, 2.24) is 0 Å². The van der Waals surface area contributed by atoms with Gasteiger partial charge in [0.25, 0.3) is 5.69 Å². The summed E-state index contributed by atoms with van der Waals surface area (Å²) in [7, 11) is 0. The first kappa shape index (κ1) is 14.5. The van der Waals surface area contributed by atoms with Gasteiger partial charge in [-0.3, -0.25) is 14.9 Å². The molecular weight excluding hydrogens is 272 g/mol. The van der Waals surface area contributed by atoms with E-state index in [1.807, 2.05) is 32.0 Å². The lowest BCUT2D eigenvalue weighted by Gasteiger charge is -2.10. The van der Waals surface area contributed by atoms with Gasteiger partial charge in [-0.1, -0.05) is 12.1 Å². The first-order chi connectivity index (χ1) is 9.99. The Morgan fingerprint density at radius 3 is 2.62 bits per heavy atom. The number of anilines is 1. The quantitative estimate of drug-likeness (QED) is 0.517. The molecule has 2 aromatic rings. The number of nitrogens with zero attached hydrogens (tertiary/aromatic N) is 1. The van der Waals surface area contributed by atoms with Gasteiger partial charge in [-0.05, 0) is 31.0 Å². The van der Waals surface area contributed by atoms with Gasteiger partial charge in [0, 0.05) is 12.1 Å². The van der Waals surface area contributed by atoms with Crippen LogP contribution < -0.4 is 10.1 Å². The molecule has 0 fully saturated rings. The molecule has 0 spiro atoms. The number of carbonyl (C=O) groups excluding carboxylic acids is 1. The number of ether oxygens (including phenoxy) is 1. The molecule has 0 aliphatic carbocycles. The average molecular weight is 286 g/mol. The zero-order valence-electron chi connectivity index (χ0n) is 11.6. The van der Waals surface area contributed by atoms with E-state index in [4.69, 9.17) is 4.74 Å². The highest BCUT2D eigenvalue weighted by Crippen LogP contribution is 2.31. The van der Waals surface area contributed by atoms with Crippen LogP contribution in [0.4, 0.5) is 11.4 Å². The molecule has 0 saturated heterocycles. The summed E-state index contributed by atoms with van der Waals surface area (Å²) in [5.74, 6) is 0.912. The van der Waals surface area contributed by atoms with Gasteiger partial charge in [-0.25, -0.2) is 0 Å². The second-order valence-corrected chi connectivity index (χ2v) is 4.61. The van der Waals surface area contributed by atoms with E-state index in [-0.39, 0.29) is 5.69 Å². The summed E-state index contributed by atoms with van der Waals surface area (Å²) >= 11 is 0. The predicted molar refractivity (Wildman–Crippen MR) is 78.8 cm³/mol. The van der Waals surface area contributed by atoms with Gasteiger partial charge in [0.05, 0.1) is 16.7 Å². The molecule has 21 heavy (non-hydrogen) atoms. The second-order valence-electron chi connectivity index (χ2n) is 4.61. The van der Waals surface area contributed by atoms with Crippen LogP contribution in [0.1, 0.15) is 11.1 Å². The van der Waals surface area contributed by atoms with Crippen LogP contribution >= 0.6 is 0 Å². The topological polar surface area (TPSA) is 81.5 Å². The maximum atomic E-state index is 10.9. The Labute approximate surface area is 121 Å². The number of hydrogen-bond acceptors (Lipinski definition) is 4. The molecule has 2 aromatic carbocycles. The van der Waals surface area contributed by atoms with Crippen LogP contribution in [0.15, 0.2) is 36.4 Å². The van der Waals surface area contributed by atoms with Crippen LogP contribution in [-0.4, -0.2) is 11.3 Å². The molecule has 0 unspecified atom stereocenters. The number of nitro benzene ring substituents is 1. The Bertz CT molecular complexity index is 698. The van der Waals surface area contributed by atoms with Crippen LogP contribution in [0, 0.1) is 24.0 Å². The van der Waals surface area contributed by atoms with Gasteiger partial charge in [-0.2, -0.15) is 0 Å². The second kappa shape index (κ2) is 6.04. The van der Waals surface area contributed by atoms with Gasteiger partial charge >= 0.3 is 0 Å². The SMILES string of the molecule is Cc1ccc(C)c(Oc2cc(NC=O)cc([N+](=O)[O-])c2)c1. The maximum absolute atomic E-state index is 10.9. The molecular formula is C15H14N2O4. The maximum Gasteiger partial charge on any atom is 0.275 e. The van der Waals surface area contributed by atoms with Crippen LogP contribution in [0.5, 0.6) is 11.5 Å². The Hall–Kier alpha value is -2.89. The van der Waals surface area contributed by atoms with E-state index in [0.29, 0.717) is 23.6 Å². The fourth-order valence-electron chi connectivity index (χ4n) is 1.84. The molecule has 0 bridgehead atoms. The number of nitro groups is 1. The highest BCUT2D eigenvalue weighted by atomic mass is 16.6. The molecule has 1 N–H and O–H groups in total. The highest BCUT2D eigenvalue weighted by Gasteiger charge is 2.12. The number of benzene rings is 2. The molecule has 0 aromatic heterocycles. The molecule has 108 valence electrons. The van der Waals surface area contributed by atoms with Gasteiger partial charge in [0.1, 0.15) is 11.5 Å². The van der Waals surface area contributed by atoms with Crippen molar-refractivity contribution in [1.29, 1.82) is 0 Å². The van der Waals surface area contributed by atoms with Crippen molar-refractivity contribution >= 4 is 17.8 Å². The molecule has 0 aliphatic rings. The standard InChI is InChI=1S/C15H14N2O4/c1-10-3-4-11(2)15(5-10)21-14-7-12(16-9-18)6-13(8-14)17(19)20/h3-9H,1-2H3,(H,16,18). The van der Waals surface area contributed by atoms with Crippen LogP contribution in [-0.2, 0) is 4.79 Å². The number of hydrogen-bond donors (Lipinski definition) is 1. The number of non-ortho nitro benzene ring substituents is 1. The molecule has 0 saturated carbocycles. The fourth-order valence-corrected chi connectivity index (χ4v) is 1.84. The summed E-state index contributed by atoms with van der Waals surface area (Å²) in [6.45, 7) is 3.82. The number of aryl methyl sites for hydroxylation is 2. The Morgan fingerprint density at radius 1 is 1.19 bits per heavy atom. The zero-order chi connectivity index (χ0) is 15.4. The molecule has 6 nitrogen and oxygen atoms in total. The summed E-state index contributed by atoms with van der Waals surface area (Å²) in [5.41, 5.74) is 2.09. The van der Waals surface area contributed by atoms with Crippen molar-refractivity contribution in [3.63, 3.8) is 0 Å². The molecule has 1 amide bonds. The van der Waals surface area contributed by atoms with Crippen LogP contribution in [0.2, 0.25) is 0 Å². The van der Waals surface area contributed by atoms with Gasteiger partial charge in [-0.15, -0.1) is 0 Å². The van der Waals surface area contributed by atoms with E-state index in [1.165, 1.54) is 18.2 Å². The van der Waals surface area contributed by atoms with Crippen LogP contribution in [0.3, 0.4) is 0 Å². The van der Waals surface area contributed by atoms with E-state index in [9.17, 15) is 14.9 Å². The Morgan fingerprint density at radius 2 is 1.95 bits per heavy atom. The molecule has 0 heterocycles. The van der Waals surface area contributed by atoms with E-state index in [0.717, 1.165) is 11.1 Å². The third-order valence-electron chi connectivity index (χ3n) is 2.90. The van der Waals surface area contributed by atoms with Gasteiger partial charge in [0.2, 0.25) is 6.41 Å². The smallest absolute Gasteiger partial charge is 0.275 e. The van der Waals surface area contributed by atoms with Crippen molar-refractivity contribution in [2.75, 3.05) is 5.32 Å². The number of amides is 1. The minimum Gasteiger partial charge on any atom is -0.457 e. The molecule has 0 aliphatic heterocycles. The third-order valence-corrected chi connectivity index (χ3v) is 2.90. The van der Waals surface area contributed by atoms with Crippen molar-refractivity contribution in [3.05, 3.63) is 57.6 Å². The molecule has 2 rings (SSSR count). The minimum absolute atomic E-state index is 0.151. The summed E-state index contributed by atoms with van der Waals surface area (Å²) in [4.78, 5) is 20.9. The van der Waals surface area contributed by atoms with Gasteiger partial charge in [0.15, 0.2) is 0 Å². The monoisotopic (exact) mass is 286 g/mol. The first-order valence-electron chi connectivity index (χ1n) is 6.24. The normalized spacial score (nSPS) is 10.0. The number of rotatable bonds is 5.